The normalized spacial score (nSPS) is 10.3. The second-order valence-electron chi connectivity index (χ2n) is 4.75. The van der Waals surface area contributed by atoms with Crippen molar-refractivity contribution in [3.05, 3.63) is 76.2 Å². The van der Waals surface area contributed by atoms with Crippen LogP contribution in [0.15, 0.2) is 59.0 Å². The van der Waals surface area contributed by atoms with Crippen molar-refractivity contribution < 1.29 is 18.9 Å². The molecule has 24 heavy (non-hydrogen) atoms. The summed E-state index contributed by atoms with van der Waals surface area (Å²) in [5.74, 6) is -0.172. The Morgan fingerprint density at radius 1 is 1.08 bits per heavy atom. The molecule has 0 aliphatic rings. The van der Waals surface area contributed by atoms with Gasteiger partial charge in [-0.15, -0.1) is 10.2 Å². The van der Waals surface area contributed by atoms with Gasteiger partial charge in [0.05, 0.1) is 10.5 Å². The standard InChI is InChI=1S/C16H11N3O5/c20-16(12-4-2-1-3-5-12)23-10-14-17-18-15(24-14)11-6-8-13(9-7-11)19(21)22/h1-9H,10H2. The second-order valence-corrected chi connectivity index (χ2v) is 4.75. The summed E-state index contributed by atoms with van der Waals surface area (Å²) in [5.41, 5.74) is 0.927. The third-order valence-electron chi connectivity index (χ3n) is 3.13. The Balaban J connectivity index is 1.65. The first-order valence-electron chi connectivity index (χ1n) is 6.93. The molecule has 8 heteroatoms. The number of hydrogen-bond acceptors (Lipinski definition) is 7. The van der Waals surface area contributed by atoms with Crippen LogP contribution in [0.4, 0.5) is 5.69 Å². The number of aromatic nitrogens is 2. The number of hydrogen-bond donors (Lipinski definition) is 0. The van der Waals surface area contributed by atoms with Gasteiger partial charge in [-0.05, 0) is 24.3 Å². The van der Waals surface area contributed by atoms with Gasteiger partial charge in [-0.2, -0.15) is 0 Å². The predicted octanol–water partition coefficient (Wildman–Crippen LogP) is 3.00. The van der Waals surface area contributed by atoms with Gasteiger partial charge in [0.2, 0.25) is 5.89 Å². The molecule has 0 bridgehead atoms. The molecule has 0 atom stereocenters. The monoisotopic (exact) mass is 325 g/mol. The number of esters is 1. The lowest BCUT2D eigenvalue weighted by molar-refractivity contribution is -0.384. The Morgan fingerprint density at radius 2 is 1.79 bits per heavy atom. The molecule has 0 fully saturated rings. The van der Waals surface area contributed by atoms with Crippen LogP contribution in [-0.2, 0) is 11.3 Å². The fourth-order valence-corrected chi connectivity index (χ4v) is 1.94. The third kappa shape index (κ3) is 3.43. The molecule has 3 rings (SSSR count). The van der Waals surface area contributed by atoms with Gasteiger partial charge >= 0.3 is 5.97 Å². The highest BCUT2D eigenvalue weighted by molar-refractivity contribution is 5.89. The number of nitro benzene ring substituents is 1. The molecule has 0 spiro atoms. The average molecular weight is 325 g/mol. The van der Waals surface area contributed by atoms with Crippen LogP contribution in [-0.4, -0.2) is 21.1 Å². The van der Waals surface area contributed by atoms with Crippen molar-refractivity contribution in [2.45, 2.75) is 6.61 Å². The molecule has 0 N–H and O–H groups in total. The molecule has 120 valence electrons. The van der Waals surface area contributed by atoms with E-state index in [1.165, 1.54) is 24.3 Å². The molecular weight excluding hydrogens is 314 g/mol. The number of carbonyl (C=O) groups is 1. The molecule has 0 aliphatic heterocycles. The van der Waals surface area contributed by atoms with E-state index in [-0.39, 0.29) is 24.1 Å². The van der Waals surface area contributed by atoms with Crippen LogP contribution < -0.4 is 0 Å². The largest absolute Gasteiger partial charge is 0.452 e. The summed E-state index contributed by atoms with van der Waals surface area (Å²) in [6.45, 7) is -0.159. The Bertz CT molecular complexity index is 859. The number of non-ortho nitro benzene ring substituents is 1. The van der Waals surface area contributed by atoms with Crippen LogP contribution in [0.5, 0.6) is 0 Å². The molecule has 0 aliphatic carbocycles. The summed E-state index contributed by atoms with van der Waals surface area (Å²) in [6, 6.07) is 14.2. The SMILES string of the molecule is O=C(OCc1nnc(-c2ccc([N+](=O)[O-])cc2)o1)c1ccccc1. The molecule has 0 saturated carbocycles. The van der Waals surface area contributed by atoms with Crippen molar-refractivity contribution >= 4 is 11.7 Å². The minimum atomic E-state index is -0.495. The van der Waals surface area contributed by atoms with Gasteiger partial charge < -0.3 is 9.15 Å². The highest BCUT2D eigenvalue weighted by Crippen LogP contribution is 2.21. The van der Waals surface area contributed by atoms with Crippen molar-refractivity contribution in [2.24, 2.45) is 0 Å². The molecule has 1 heterocycles. The van der Waals surface area contributed by atoms with E-state index in [0.29, 0.717) is 11.1 Å². The molecule has 0 unspecified atom stereocenters. The summed E-state index contributed by atoms with van der Waals surface area (Å²) >= 11 is 0. The molecule has 0 saturated heterocycles. The first-order chi connectivity index (χ1) is 11.6. The van der Waals surface area contributed by atoms with Crippen LogP contribution >= 0.6 is 0 Å². The molecule has 0 amide bonds. The van der Waals surface area contributed by atoms with E-state index < -0.39 is 10.9 Å². The number of nitrogens with zero attached hydrogens (tertiary/aromatic N) is 3. The number of nitro groups is 1. The maximum atomic E-state index is 11.8. The topological polar surface area (TPSA) is 108 Å². The summed E-state index contributed by atoms with van der Waals surface area (Å²) in [7, 11) is 0. The molecule has 0 radical (unpaired) electrons. The first-order valence-corrected chi connectivity index (χ1v) is 6.93. The summed E-state index contributed by atoms with van der Waals surface area (Å²) in [6.07, 6.45) is 0. The summed E-state index contributed by atoms with van der Waals surface area (Å²) in [5, 5.41) is 18.2. The fraction of sp³-hybridized carbons (Fsp3) is 0.0625. The zero-order valence-electron chi connectivity index (χ0n) is 12.3. The van der Waals surface area contributed by atoms with Gasteiger partial charge in [0.25, 0.3) is 11.6 Å². The predicted molar refractivity (Wildman–Crippen MR) is 81.9 cm³/mol. The van der Waals surface area contributed by atoms with E-state index in [0.717, 1.165) is 0 Å². The van der Waals surface area contributed by atoms with Crippen LogP contribution in [0.2, 0.25) is 0 Å². The van der Waals surface area contributed by atoms with Gasteiger partial charge in [-0.25, -0.2) is 4.79 Å². The van der Waals surface area contributed by atoms with E-state index in [4.69, 9.17) is 9.15 Å². The highest BCUT2D eigenvalue weighted by atomic mass is 16.6. The molecule has 3 aromatic rings. The van der Waals surface area contributed by atoms with Crippen LogP contribution in [0.1, 0.15) is 16.2 Å². The molecule has 1 aromatic heterocycles. The molecule has 8 nitrogen and oxygen atoms in total. The highest BCUT2D eigenvalue weighted by Gasteiger charge is 2.13. The quantitative estimate of drug-likeness (QED) is 0.403. The van der Waals surface area contributed by atoms with E-state index in [9.17, 15) is 14.9 Å². The maximum absolute atomic E-state index is 11.8. The number of ether oxygens (including phenoxy) is 1. The summed E-state index contributed by atoms with van der Waals surface area (Å²) in [4.78, 5) is 22.0. The van der Waals surface area contributed by atoms with Gasteiger partial charge in [-0.1, -0.05) is 18.2 Å². The van der Waals surface area contributed by atoms with Crippen LogP contribution in [0.3, 0.4) is 0 Å². The van der Waals surface area contributed by atoms with Gasteiger partial charge in [-0.3, -0.25) is 10.1 Å². The lowest BCUT2D eigenvalue weighted by Gasteiger charge is -2.01. The Kier molecular flexibility index (Phi) is 4.28. The zero-order valence-corrected chi connectivity index (χ0v) is 12.3. The number of carbonyl (C=O) groups excluding carboxylic acids is 1. The first kappa shape index (κ1) is 15.3. The van der Waals surface area contributed by atoms with Crippen molar-refractivity contribution in [2.75, 3.05) is 0 Å². The maximum Gasteiger partial charge on any atom is 0.338 e. The zero-order chi connectivity index (χ0) is 16.9. The molecule has 2 aromatic carbocycles. The van der Waals surface area contributed by atoms with Gasteiger partial charge in [0, 0.05) is 17.7 Å². The van der Waals surface area contributed by atoms with E-state index >= 15 is 0 Å². The number of rotatable bonds is 5. The van der Waals surface area contributed by atoms with Gasteiger partial charge in [0.15, 0.2) is 6.61 Å². The Hall–Kier alpha value is -3.55. The lowest BCUT2D eigenvalue weighted by atomic mass is 10.2. The van der Waals surface area contributed by atoms with Crippen LogP contribution in [0.25, 0.3) is 11.5 Å². The van der Waals surface area contributed by atoms with E-state index in [2.05, 4.69) is 10.2 Å². The summed E-state index contributed by atoms with van der Waals surface area (Å²) < 4.78 is 10.5. The smallest absolute Gasteiger partial charge is 0.338 e. The fourth-order valence-electron chi connectivity index (χ4n) is 1.94. The van der Waals surface area contributed by atoms with Crippen molar-refractivity contribution in [3.8, 4) is 11.5 Å². The van der Waals surface area contributed by atoms with Crippen LogP contribution in [0, 0.1) is 10.1 Å². The molecular formula is C16H11N3O5. The van der Waals surface area contributed by atoms with Crippen molar-refractivity contribution in [1.82, 2.24) is 10.2 Å². The van der Waals surface area contributed by atoms with Crippen molar-refractivity contribution in [1.29, 1.82) is 0 Å². The minimum absolute atomic E-state index is 0.0321. The average Bonchev–Trinajstić information content (AvgIpc) is 3.09. The van der Waals surface area contributed by atoms with E-state index in [1.54, 1.807) is 30.3 Å². The Morgan fingerprint density at radius 3 is 2.46 bits per heavy atom. The Labute approximate surface area is 135 Å². The minimum Gasteiger partial charge on any atom is -0.452 e. The third-order valence-corrected chi connectivity index (χ3v) is 3.13. The lowest BCUT2D eigenvalue weighted by Crippen LogP contribution is -2.05. The van der Waals surface area contributed by atoms with E-state index in [1.807, 2.05) is 0 Å². The second kappa shape index (κ2) is 6.69. The number of benzene rings is 2. The van der Waals surface area contributed by atoms with Gasteiger partial charge in [0.1, 0.15) is 0 Å². The van der Waals surface area contributed by atoms with Crippen molar-refractivity contribution in [3.63, 3.8) is 0 Å².